The molecule has 5 heterocycles. The van der Waals surface area contributed by atoms with E-state index in [2.05, 4.69) is 49.1 Å². The lowest BCUT2D eigenvalue weighted by molar-refractivity contribution is -0.0336. The third-order valence-electron chi connectivity index (χ3n) is 14.5. The van der Waals surface area contributed by atoms with Crippen LogP contribution in [0.3, 0.4) is 0 Å². The van der Waals surface area contributed by atoms with Gasteiger partial charge in [-0.15, -0.1) is 0 Å². The number of benzene rings is 4. The number of furan rings is 1. The highest BCUT2D eigenvalue weighted by Gasteiger charge is 2.41. The highest BCUT2D eigenvalue weighted by molar-refractivity contribution is 6.74. The van der Waals surface area contributed by atoms with Crippen molar-refractivity contribution < 1.29 is 46.9 Å². The number of H-pyrrole nitrogens is 1. The first-order valence-electron chi connectivity index (χ1n) is 26.5. The number of aromatic nitrogens is 1. The maximum atomic E-state index is 14.1. The zero-order valence-electron chi connectivity index (χ0n) is 45.2. The zero-order chi connectivity index (χ0) is 54.0. The summed E-state index contributed by atoms with van der Waals surface area (Å²) in [7, 11) is -2.49. The number of amides is 2. The molecule has 3 aliphatic heterocycles. The van der Waals surface area contributed by atoms with E-state index in [0.717, 1.165) is 60.1 Å². The molecule has 0 radical (unpaired) electrons. The number of nitrogens with one attached hydrogen (secondary N) is 2. The van der Waals surface area contributed by atoms with E-state index in [1.165, 1.54) is 6.07 Å². The van der Waals surface area contributed by atoms with Crippen LogP contribution in [0.15, 0.2) is 131 Å². The second kappa shape index (κ2) is 24.4. The van der Waals surface area contributed by atoms with E-state index >= 15 is 0 Å². The minimum absolute atomic E-state index is 0.0354. The maximum absolute atomic E-state index is 14.1. The number of aromatic amines is 1. The molecule has 2 unspecified atom stereocenters. The lowest BCUT2D eigenvalue weighted by atomic mass is 9.86. The van der Waals surface area contributed by atoms with Crippen molar-refractivity contribution in [1.82, 2.24) is 20.1 Å². The first kappa shape index (κ1) is 55.4. The summed E-state index contributed by atoms with van der Waals surface area (Å²) < 4.78 is 43.1. The quantitative estimate of drug-likeness (QED) is 0.0303. The highest BCUT2D eigenvalue weighted by Crippen LogP contribution is 2.42. The lowest BCUT2D eigenvalue weighted by Gasteiger charge is -2.43. The predicted molar refractivity (Wildman–Crippen MR) is 294 cm³/mol. The maximum Gasteiger partial charge on any atom is 0.410 e. The number of alkyl carbamates (subject to hydrolysis) is 1. The van der Waals surface area contributed by atoms with Gasteiger partial charge in [0.15, 0.2) is 8.32 Å². The van der Waals surface area contributed by atoms with Gasteiger partial charge in [-0.05, 0) is 142 Å². The fourth-order valence-corrected chi connectivity index (χ4v) is 10.6. The molecule has 3 atom stereocenters. The summed E-state index contributed by atoms with van der Waals surface area (Å²) in [6.07, 6.45) is 1.33. The number of pyridine rings is 1. The monoisotopic (exact) mass is 1050 g/mol. The Kier molecular flexibility index (Phi) is 17.8. The van der Waals surface area contributed by atoms with Crippen molar-refractivity contribution in [2.45, 2.75) is 122 Å². The van der Waals surface area contributed by atoms with Crippen LogP contribution in [0.5, 0.6) is 11.5 Å². The van der Waals surface area contributed by atoms with Crippen LogP contribution in [0.2, 0.25) is 18.1 Å². The molecule has 3 fully saturated rings. The number of esters is 1. The molecule has 2 bridgehead atoms. The third kappa shape index (κ3) is 14.7. The van der Waals surface area contributed by atoms with Crippen molar-refractivity contribution in [2.75, 3.05) is 39.3 Å². The Bertz CT molecular complexity index is 2960. The molecule has 2 amide bonds. The van der Waals surface area contributed by atoms with Crippen LogP contribution in [0.4, 0.5) is 9.59 Å². The Morgan fingerprint density at radius 2 is 1.54 bits per heavy atom. The molecular formula is C60H74N4O11Si. The van der Waals surface area contributed by atoms with Gasteiger partial charge in [0.25, 0.3) is 0 Å². The van der Waals surface area contributed by atoms with Gasteiger partial charge in [0.1, 0.15) is 42.2 Å². The van der Waals surface area contributed by atoms with Crippen molar-refractivity contribution in [3.8, 4) is 11.5 Å². The van der Waals surface area contributed by atoms with Gasteiger partial charge in [0.05, 0.1) is 30.8 Å². The molecule has 3 aliphatic rings. The Balaban J connectivity index is 0.889. The second-order valence-electron chi connectivity index (χ2n) is 22.4. The van der Waals surface area contributed by atoms with Crippen LogP contribution in [0.25, 0.3) is 10.9 Å². The molecule has 76 heavy (non-hydrogen) atoms. The van der Waals surface area contributed by atoms with Crippen LogP contribution in [-0.4, -0.2) is 92.3 Å². The van der Waals surface area contributed by atoms with Crippen molar-refractivity contribution >= 4 is 37.4 Å². The summed E-state index contributed by atoms with van der Waals surface area (Å²) in [5.41, 5.74) is 3.00. The number of piperidine rings is 3. The summed E-state index contributed by atoms with van der Waals surface area (Å²) in [6, 6.07) is 36.9. The van der Waals surface area contributed by atoms with E-state index in [1.54, 1.807) is 23.1 Å². The molecule has 2 aromatic heterocycles. The van der Waals surface area contributed by atoms with Gasteiger partial charge in [0.2, 0.25) is 11.3 Å². The summed E-state index contributed by atoms with van der Waals surface area (Å²) in [4.78, 5) is 60.5. The van der Waals surface area contributed by atoms with Gasteiger partial charge in [0, 0.05) is 24.5 Å². The average molecular weight is 1060 g/mol. The van der Waals surface area contributed by atoms with E-state index in [1.807, 2.05) is 118 Å². The minimum atomic E-state index is -2.49. The number of unbranched alkanes of at least 4 members (excludes halogenated alkanes) is 1. The number of rotatable bonds is 21. The second-order valence-corrected chi connectivity index (χ2v) is 27.1. The van der Waals surface area contributed by atoms with E-state index < -0.39 is 44.2 Å². The molecule has 0 aliphatic carbocycles. The van der Waals surface area contributed by atoms with Gasteiger partial charge >= 0.3 is 18.2 Å². The molecule has 0 saturated carbocycles. The number of carbonyl (C=O) groups is 3. The Hall–Kier alpha value is -6.88. The summed E-state index contributed by atoms with van der Waals surface area (Å²) in [5, 5.41) is 3.69. The van der Waals surface area contributed by atoms with Crippen LogP contribution in [0, 0.1) is 5.92 Å². The smallest absolute Gasteiger partial charge is 0.410 e. The largest absolute Gasteiger partial charge is 0.487 e. The van der Waals surface area contributed by atoms with Crippen LogP contribution in [-0.2, 0) is 31.9 Å². The molecule has 9 rings (SSSR count). The molecule has 4 aromatic carbocycles. The number of hydrogen-bond donors (Lipinski definition) is 2. The normalized spacial score (nSPS) is 17.3. The van der Waals surface area contributed by atoms with Gasteiger partial charge < -0.3 is 47.7 Å². The molecule has 16 heteroatoms. The van der Waals surface area contributed by atoms with E-state index in [9.17, 15) is 19.2 Å². The van der Waals surface area contributed by atoms with Gasteiger partial charge in [-0.2, -0.15) is 0 Å². The fraction of sp³-hybridized carbons (Fsp3) is 0.433. The number of carbonyl (C=O) groups excluding carboxylic acids is 3. The lowest BCUT2D eigenvalue weighted by Crippen LogP contribution is -2.52. The van der Waals surface area contributed by atoms with Gasteiger partial charge in [-0.3, -0.25) is 9.69 Å². The van der Waals surface area contributed by atoms with Crippen molar-refractivity contribution in [3.05, 3.63) is 165 Å². The summed E-state index contributed by atoms with van der Waals surface area (Å²) >= 11 is 0. The number of nitrogens with zero attached hydrogens (tertiary/aromatic N) is 2. The predicted octanol–water partition coefficient (Wildman–Crippen LogP) is 12.1. The number of fused-ring (bicyclic) bond motifs is 4. The zero-order valence-corrected chi connectivity index (χ0v) is 46.2. The van der Waals surface area contributed by atoms with Crippen LogP contribution < -0.4 is 20.3 Å². The molecule has 404 valence electrons. The van der Waals surface area contributed by atoms with E-state index in [-0.39, 0.29) is 48.8 Å². The Morgan fingerprint density at radius 1 is 0.816 bits per heavy atom. The Labute approximate surface area is 447 Å². The van der Waals surface area contributed by atoms with Crippen molar-refractivity contribution in [1.29, 1.82) is 0 Å². The molecule has 0 spiro atoms. The standard InChI is InChI=1S/C60H74N4O11Si/c1-59(2,3)74-58(68)64(38-52(75-76(7,8)60(4,5)6)47-25-28-49(55-48(47)26-29-53(65)61-55)71-39-41-18-11-9-12-19-41)32-15-16-35-69-56(66)50-27-24-46(72-50)40-70-45-23-17-22-44(36-45)54(43-20-13-10-14-21-43)62-57(67)73-51-37-63-33-30-42(51)31-34-63/h9-14,17-29,36,42,51-52,54H,15-16,30-35,37-40H2,1-8H3,(H,61,65)(H,62,67)/t51?,52?,54-/m0/s1. The van der Waals surface area contributed by atoms with Crippen LogP contribution in [0.1, 0.15) is 118 Å². The topological polar surface area (TPSA) is 171 Å². The minimum Gasteiger partial charge on any atom is -0.487 e. The van der Waals surface area contributed by atoms with E-state index in [0.29, 0.717) is 48.1 Å². The Morgan fingerprint density at radius 3 is 2.24 bits per heavy atom. The molecule has 6 aromatic rings. The van der Waals surface area contributed by atoms with Crippen molar-refractivity contribution in [2.24, 2.45) is 5.92 Å². The molecule has 3 saturated heterocycles. The number of ether oxygens (including phenoxy) is 5. The summed E-state index contributed by atoms with van der Waals surface area (Å²) in [6.45, 7) is 20.1. The van der Waals surface area contributed by atoms with Crippen molar-refractivity contribution in [3.63, 3.8) is 0 Å². The van der Waals surface area contributed by atoms with Gasteiger partial charge in [-0.25, -0.2) is 14.4 Å². The van der Waals surface area contributed by atoms with Gasteiger partial charge in [-0.1, -0.05) is 99.6 Å². The number of hydrogen-bond acceptors (Lipinski definition) is 12. The van der Waals surface area contributed by atoms with Crippen LogP contribution >= 0.6 is 0 Å². The highest BCUT2D eigenvalue weighted by atomic mass is 28.4. The third-order valence-corrected chi connectivity index (χ3v) is 19.0. The molecular weight excluding hydrogens is 981 g/mol. The summed E-state index contributed by atoms with van der Waals surface area (Å²) in [5.74, 6) is 1.30. The SMILES string of the molecule is CC(C)(C)OC(=O)N(CCCCOC(=O)c1ccc(COc2cccc([C@@H](NC(=O)OC3CN4CCC3CC4)c3ccccc3)c2)o1)CC(O[Si](C)(C)C(C)(C)C)c1ccc(OCc2ccccc2)c2[nH]c(=O)ccc12. The molecule has 15 nitrogen and oxygen atoms in total. The van der Waals surface area contributed by atoms with E-state index in [4.69, 9.17) is 32.5 Å². The molecule has 2 N–H and O–H groups in total. The first-order chi connectivity index (χ1) is 36.3. The average Bonchev–Trinajstić information content (AvgIpc) is 3.89. The fourth-order valence-electron chi connectivity index (χ4n) is 9.38. The first-order valence-corrected chi connectivity index (χ1v) is 29.4.